The van der Waals surface area contributed by atoms with Crippen molar-refractivity contribution in [3.05, 3.63) is 95.2 Å². The Hall–Kier alpha value is -4.24. The van der Waals surface area contributed by atoms with Gasteiger partial charge in [0.25, 0.3) is 11.8 Å². The number of ether oxygens (including phenoxy) is 2. The highest BCUT2D eigenvalue weighted by Gasteiger charge is 2.37. The van der Waals surface area contributed by atoms with Gasteiger partial charge < -0.3 is 25.0 Å². The van der Waals surface area contributed by atoms with Crippen LogP contribution >= 0.6 is 11.8 Å². The molecule has 1 fully saturated rings. The SMILES string of the molecule is COc1ccc(C(=O)Nc2cccc(C3C(C(=O)Nc4ccccc4)=C(C)N=C4SCCCN43)c2)c(OC)c1. The maximum Gasteiger partial charge on any atom is 0.259 e. The number of amides is 2. The molecule has 0 aliphatic carbocycles. The van der Waals surface area contributed by atoms with E-state index in [0.29, 0.717) is 34.0 Å². The highest BCUT2D eigenvalue weighted by Crippen LogP contribution is 2.40. The van der Waals surface area contributed by atoms with E-state index in [9.17, 15) is 9.59 Å². The van der Waals surface area contributed by atoms with Crippen molar-refractivity contribution in [3.63, 3.8) is 0 Å². The number of thioether (sulfide) groups is 1. The minimum Gasteiger partial charge on any atom is -0.497 e. The summed E-state index contributed by atoms with van der Waals surface area (Å²) >= 11 is 1.70. The van der Waals surface area contributed by atoms with Crippen molar-refractivity contribution in [1.29, 1.82) is 0 Å². The number of para-hydroxylation sites is 1. The van der Waals surface area contributed by atoms with E-state index in [-0.39, 0.29) is 17.9 Å². The van der Waals surface area contributed by atoms with Crippen LogP contribution in [0.25, 0.3) is 0 Å². The first-order chi connectivity index (χ1) is 19.0. The predicted octanol–water partition coefficient (Wildman–Crippen LogP) is 5.72. The number of nitrogens with one attached hydrogen (secondary N) is 2. The summed E-state index contributed by atoms with van der Waals surface area (Å²) in [6.45, 7) is 2.67. The number of rotatable bonds is 7. The van der Waals surface area contributed by atoms with E-state index in [4.69, 9.17) is 14.5 Å². The Kier molecular flexibility index (Phi) is 7.88. The third-order valence-corrected chi connectivity index (χ3v) is 7.73. The van der Waals surface area contributed by atoms with Crippen LogP contribution in [0, 0.1) is 0 Å². The Morgan fingerprint density at radius 2 is 1.69 bits per heavy atom. The molecular formula is C30H30N4O4S. The molecule has 3 aromatic carbocycles. The number of carbonyl (C=O) groups excluding carboxylic acids is 2. The Balaban J connectivity index is 1.47. The summed E-state index contributed by atoms with van der Waals surface area (Å²) < 4.78 is 10.7. The van der Waals surface area contributed by atoms with Gasteiger partial charge in [-0.1, -0.05) is 42.1 Å². The van der Waals surface area contributed by atoms with Crippen LogP contribution in [0.15, 0.2) is 89.1 Å². The Bertz CT molecular complexity index is 1450. The van der Waals surface area contributed by atoms with Crippen LogP contribution in [0.3, 0.4) is 0 Å². The predicted molar refractivity (Wildman–Crippen MR) is 156 cm³/mol. The summed E-state index contributed by atoms with van der Waals surface area (Å²) in [5.74, 6) is 1.50. The molecule has 2 N–H and O–H groups in total. The van der Waals surface area contributed by atoms with Crippen LogP contribution in [-0.2, 0) is 4.79 Å². The number of amidine groups is 1. The molecule has 9 heteroatoms. The second-order valence-corrected chi connectivity index (χ2v) is 10.2. The Morgan fingerprint density at radius 1 is 0.923 bits per heavy atom. The first kappa shape index (κ1) is 26.4. The smallest absolute Gasteiger partial charge is 0.259 e. The summed E-state index contributed by atoms with van der Waals surface area (Å²) in [4.78, 5) is 33.8. The molecule has 0 aromatic heterocycles. The summed E-state index contributed by atoms with van der Waals surface area (Å²) in [5, 5.41) is 6.94. The minimum absolute atomic E-state index is 0.195. The lowest BCUT2D eigenvalue weighted by Gasteiger charge is -2.41. The summed E-state index contributed by atoms with van der Waals surface area (Å²) in [5.41, 5.74) is 3.89. The van der Waals surface area contributed by atoms with E-state index < -0.39 is 0 Å². The molecule has 0 spiro atoms. The van der Waals surface area contributed by atoms with Gasteiger partial charge in [-0.3, -0.25) is 9.59 Å². The van der Waals surface area contributed by atoms with Gasteiger partial charge in [-0.25, -0.2) is 4.99 Å². The molecule has 8 nitrogen and oxygen atoms in total. The van der Waals surface area contributed by atoms with Gasteiger partial charge in [0.2, 0.25) is 0 Å². The number of allylic oxidation sites excluding steroid dienone is 1. The lowest BCUT2D eigenvalue weighted by Crippen LogP contribution is -2.43. The van der Waals surface area contributed by atoms with Crippen LogP contribution in [0.1, 0.15) is 35.3 Å². The normalized spacial score (nSPS) is 16.6. The first-order valence-corrected chi connectivity index (χ1v) is 13.7. The van der Waals surface area contributed by atoms with Gasteiger partial charge in [-0.15, -0.1) is 0 Å². The van der Waals surface area contributed by atoms with Crippen molar-refractivity contribution in [2.75, 3.05) is 37.2 Å². The lowest BCUT2D eigenvalue weighted by molar-refractivity contribution is -0.113. The molecule has 1 saturated heterocycles. The number of benzene rings is 3. The zero-order chi connectivity index (χ0) is 27.4. The molecule has 0 radical (unpaired) electrons. The first-order valence-electron chi connectivity index (χ1n) is 12.7. The number of nitrogens with zero attached hydrogens (tertiary/aromatic N) is 2. The number of anilines is 2. The van der Waals surface area contributed by atoms with Crippen LogP contribution < -0.4 is 20.1 Å². The van der Waals surface area contributed by atoms with E-state index in [2.05, 4.69) is 15.5 Å². The average Bonchev–Trinajstić information content (AvgIpc) is 2.96. The molecule has 2 amide bonds. The fourth-order valence-electron chi connectivity index (χ4n) is 4.80. The molecule has 2 aliphatic heterocycles. The molecule has 2 heterocycles. The van der Waals surface area contributed by atoms with Crippen LogP contribution in [-0.4, -0.2) is 48.4 Å². The second kappa shape index (κ2) is 11.7. The van der Waals surface area contributed by atoms with E-state index in [1.165, 1.54) is 7.11 Å². The molecule has 2 aliphatic rings. The molecule has 5 rings (SSSR count). The average molecular weight is 543 g/mol. The zero-order valence-electron chi connectivity index (χ0n) is 22.1. The maximum atomic E-state index is 13.6. The summed E-state index contributed by atoms with van der Waals surface area (Å²) in [6, 6.07) is 21.8. The minimum atomic E-state index is -0.346. The van der Waals surface area contributed by atoms with Gasteiger partial charge in [0.05, 0.1) is 37.1 Å². The second-order valence-electron chi connectivity index (χ2n) is 9.16. The Labute approximate surface area is 232 Å². The third-order valence-electron chi connectivity index (χ3n) is 6.65. The van der Waals surface area contributed by atoms with Crippen molar-refractivity contribution in [2.45, 2.75) is 19.4 Å². The number of hydrogen-bond acceptors (Lipinski definition) is 7. The van der Waals surface area contributed by atoms with Gasteiger partial charge >= 0.3 is 0 Å². The quantitative estimate of drug-likeness (QED) is 0.397. The fraction of sp³-hybridized carbons (Fsp3) is 0.233. The molecule has 1 atom stereocenters. The van der Waals surface area contributed by atoms with Crippen molar-refractivity contribution in [1.82, 2.24) is 4.90 Å². The molecule has 3 aromatic rings. The van der Waals surface area contributed by atoms with Gasteiger partial charge in [0.15, 0.2) is 5.17 Å². The lowest BCUT2D eigenvalue weighted by atomic mass is 9.93. The molecular weight excluding hydrogens is 512 g/mol. The van der Waals surface area contributed by atoms with E-state index >= 15 is 0 Å². The van der Waals surface area contributed by atoms with Crippen molar-refractivity contribution in [3.8, 4) is 11.5 Å². The van der Waals surface area contributed by atoms with Crippen molar-refractivity contribution >= 4 is 40.1 Å². The number of carbonyl (C=O) groups is 2. The monoisotopic (exact) mass is 542 g/mol. The summed E-state index contributed by atoms with van der Waals surface area (Å²) in [6.07, 6.45) is 0.987. The zero-order valence-corrected chi connectivity index (χ0v) is 22.9. The molecule has 1 unspecified atom stereocenters. The van der Waals surface area contributed by atoms with Gasteiger partial charge in [-0.05, 0) is 55.3 Å². The molecule has 39 heavy (non-hydrogen) atoms. The van der Waals surface area contributed by atoms with E-state index in [1.807, 2.05) is 61.5 Å². The van der Waals surface area contributed by atoms with Gasteiger partial charge in [0, 0.05) is 29.7 Å². The van der Waals surface area contributed by atoms with Crippen molar-refractivity contribution in [2.24, 2.45) is 4.99 Å². The van der Waals surface area contributed by atoms with E-state index in [0.717, 1.165) is 35.1 Å². The topological polar surface area (TPSA) is 92.3 Å². The highest BCUT2D eigenvalue weighted by atomic mass is 32.2. The Morgan fingerprint density at radius 3 is 2.46 bits per heavy atom. The van der Waals surface area contributed by atoms with Crippen LogP contribution in [0.5, 0.6) is 11.5 Å². The molecule has 0 saturated carbocycles. The number of hydrogen-bond donors (Lipinski definition) is 2. The summed E-state index contributed by atoms with van der Waals surface area (Å²) in [7, 11) is 3.08. The van der Waals surface area contributed by atoms with E-state index in [1.54, 1.807) is 37.1 Å². The van der Waals surface area contributed by atoms with Crippen LogP contribution in [0.4, 0.5) is 11.4 Å². The van der Waals surface area contributed by atoms with Gasteiger partial charge in [0.1, 0.15) is 11.5 Å². The standard InChI is InChI=1S/C30H30N4O4S/c1-19-26(29(36)32-21-10-5-4-6-11-21)27(34-15-8-16-39-30(34)31-19)20-9-7-12-22(17-20)33-28(35)24-14-13-23(37-2)18-25(24)38-3/h4-7,9-14,17-18,27H,8,15-16H2,1-3H3,(H,32,36)(H,33,35). The molecule has 0 bridgehead atoms. The third kappa shape index (κ3) is 5.63. The number of methoxy groups -OCH3 is 2. The maximum absolute atomic E-state index is 13.6. The fourth-order valence-corrected chi connectivity index (χ4v) is 5.82. The largest absolute Gasteiger partial charge is 0.497 e. The van der Waals surface area contributed by atoms with Crippen LogP contribution in [0.2, 0.25) is 0 Å². The number of aliphatic imine (C=N–C) groups is 1. The number of fused-ring (bicyclic) bond motifs is 1. The van der Waals surface area contributed by atoms with Gasteiger partial charge in [-0.2, -0.15) is 0 Å². The molecule has 200 valence electrons. The highest BCUT2D eigenvalue weighted by molar-refractivity contribution is 8.13. The van der Waals surface area contributed by atoms with Crippen molar-refractivity contribution < 1.29 is 19.1 Å².